The van der Waals surface area contributed by atoms with Gasteiger partial charge in [-0.25, -0.2) is 0 Å². The number of carbonyl (C=O) groups is 1. The number of ether oxygens (including phenoxy) is 2. The minimum atomic E-state index is -0.786. The first-order valence-electron chi connectivity index (χ1n) is 6.86. The van der Waals surface area contributed by atoms with Crippen LogP contribution in [-0.2, 0) is 22.5 Å². The molecule has 2 rings (SSSR count). The zero-order valence-electron chi connectivity index (χ0n) is 11.8. The molecule has 1 aromatic carbocycles. The Kier molecular flexibility index (Phi) is 5.38. The van der Waals surface area contributed by atoms with Crippen molar-refractivity contribution < 1.29 is 19.4 Å². The summed E-state index contributed by atoms with van der Waals surface area (Å²) in [4.78, 5) is 13.1. The summed E-state index contributed by atoms with van der Waals surface area (Å²) >= 11 is 0. The van der Waals surface area contributed by atoms with Gasteiger partial charge in [0, 0.05) is 26.1 Å². The van der Waals surface area contributed by atoms with Gasteiger partial charge in [-0.3, -0.25) is 9.69 Å². The minimum Gasteiger partial charge on any atom is -0.496 e. The van der Waals surface area contributed by atoms with Crippen molar-refractivity contribution in [3.05, 3.63) is 29.3 Å². The van der Waals surface area contributed by atoms with E-state index >= 15 is 0 Å². The van der Waals surface area contributed by atoms with Gasteiger partial charge in [0.1, 0.15) is 5.75 Å². The highest BCUT2D eigenvalue weighted by Gasteiger charge is 2.12. The van der Waals surface area contributed by atoms with Crippen LogP contribution in [0.4, 0.5) is 0 Å². The second-order valence-electron chi connectivity index (χ2n) is 4.93. The van der Waals surface area contributed by atoms with E-state index in [0.717, 1.165) is 44.2 Å². The van der Waals surface area contributed by atoms with Crippen LogP contribution in [0.5, 0.6) is 5.75 Å². The Labute approximate surface area is 119 Å². The predicted molar refractivity (Wildman–Crippen MR) is 75.0 cm³/mol. The predicted octanol–water partition coefficient (Wildman–Crippen LogP) is 1.54. The highest BCUT2D eigenvalue weighted by Crippen LogP contribution is 2.22. The van der Waals surface area contributed by atoms with Crippen LogP contribution in [0.15, 0.2) is 18.2 Å². The van der Waals surface area contributed by atoms with Gasteiger partial charge in [0.05, 0.1) is 20.3 Å². The molecule has 1 N–H and O–H groups in total. The number of carboxylic acids is 1. The number of aryl methyl sites for hydroxylation is 1. The molecule has 0 saturated carbocycles. The number of methoxy groups -OCH3 is 1. The fourth-order valence-corrected chi connectivity index (χ4v) is 2.38. The molecule has 0 spiro atoms. The molecule has 1 aromatic rings. The maximum atomic E-state index is 10.7. The van der Waals surface area contributed by atoms with Crippen molar-refractivity contribution in [2.45, 2.75) is 19.4 Å². The SMILES string of the molecule is COc1ccc(CN2CCOCC2)cc1CCC(=O)O. The first-order chi connectivity index (χ1) is 9.69. The highest BCUT2D eigenvalue weighted by molar-refractivity contribution is 5.67. The first kappa shape index (κ1) is 14.8. The molecule has 0 aliphatic carbocycles. The fraction of sp³-hybridized carbons (Fsp3) is 0.533. The molecule has 0 radical (unpaired) electrons. The van der Waals surface area contributed by atoms with Crippen LogP contribution in [0.25, 0.3) is 0 Å². The van der Waals surface area contributed by atoms with Crippen molar-refractivity contribution in [2.75, 3.05) is 33.4 Å². The average molecular weight is 279 g/mol. The molecule has 1 fully saturated rings. The van der Waals surface area contributed by atoms with E-state index in [9.17, 15) is 4.79 Å². The Morgan fingerprint density at radius 3 is 2.80 bits per heavy atom. The summed E-state index contributed by atoms with van der Waals surface area (Å²) < 4.78 is 10.6. The van der Waals surface area contributed by atoms with Crippen LogP contribution in [-0.4, -0.2) is 49.4 Å². The van der Waals surface area contributed by atoms with Crippen molar-refractivity contribution in [2.24, 2.45) is 0 Å². The third-order valence-corrected chi connectivity index (χ3v) is 3.46. The molecular formula is C15H21NO4. The molecule has 1 heterocycles. The minimum absolute atomic E-state index is 0.122. The highest BCUT2D eigenvalue weighted by atomic mass is 16.5. The normalized spacial score (nSPS) is 16.1. The van der Waals surface area contributed by atoms with Gasteiger partial charge in [-0.05, 0) is 23.6 Å². The summed E-state index contributed by atoms with van der Waals surface area (Å²) in [5, 5.41) is 8.81. The molecule has 0 aromatic heterocycles. The van der Waals surface area contributed by atoms with Gasteiger partial charge < -0.3 is 14.6 Å². The number of benzene rings is 1. The number of hydrogen-bond acceptors (Lipinski definition) is 4. The molecule has 0 unspecified atom stereocenters. The van der Waals surface area contributed by atoms with Crippen LogP contribution in [0.1, 0.15) is 17.5 Å². The van der Waals surface area contributed by atoms with E-state index < -0.39 is 5.97 Å². The summed E-state index contributed by atoms with van der Waals surface area (Å²) in [7, 11) is 1.61. The van der Waals surface area contributed by atoms with E-state index in [2.05, 4.69) is 11.0 Å². The first-order valence-corrected chi connectivity index (χ1v) is 6.86. The molecule has 1 aliphatic rings. The molecule has 110 valence electrons. The Hall–Kier alpha value is -1.59. The quantitative estimate of drug-likeness (QED) is 0.856. The zero-order valence-corrected chi connectivity index (χ0v) is 11.8. The summed E-state index contributed by atoms with van der Waals surface area (Å²) in [5.41, 5.74) is 2.15. The topological polar surface area (TPSA) is 59.0 Å². The monoisotopic (exact) mass is 279 g/mol. The molecule has 5 nitrogen and oxygen atoms in total. The van der Waals surface area contributed by atoms with Gasteiger partial charge in [-0.2, -0.15) is 0 Å². The third kappa shape index (κ3) is 4.21. The Balaban J connectivity index is 2.05. The molecular weight excluding hydrogens is 258 g/mol. The maximum absolute atomic E-state index is 10.7. The third-order valence-electron chi connectivity index (χ3n) is 3.46. The van der Waals surface area contributed by atoms with Crippen LogP contribution >= 0.6 is 0 Å². The van der Waals surface area contributed by atoms with Crippen LogP contribution in [0.3, 0.4) is 0 Å². The zero-order chi connectivity index (χ0) is 14.4. The second-order valence-corrected chi connectivity index (χ2v) is 4.93. The number of rotatable bonds is 6. The summed E-state index contributed by atoms with van der Waals surface area (Å²) in [5.74, 6) is -0.0254. The Morgan fingerprint density at radius 2 is 2.15 bits per heavy atom. The van der Waals surface area contributed by atoms with Crippen molar-refractivity contribution in [1.82, 2.24) is 4.90 Å². The maximum Gasteiger partial charge on any atom is 0.303 e. The van der Waals surface area contributed by atoms with Crippen molar-refractivity contribution in [3.8, 4) is 5.75 Å². The van der Waals surface area contributed by atoms with Gasteiger partial charge in [0.25, 0.3) is 0 Å². The molecule has 0 amide bonds. The fourth-order valence-electron chi connectivity index (χ4n) is 2.38. The Morgan fingerprint density at radius 1 is 1.40 bits per heavy atom. The standard InChI is InChI=1S/C15H21NO4/c1-19-14-4-2-12(10-13(14)3-5-15(17)18)11-16-6-8-20-9-7-16/h2,4,10H,3,5-9,11H2,1H3,(H,17,18). The van der Waals surface area contributed by atoms with Gasteiger partial charge in [0.15, 0.2) is 0 Å². The van der Waals surface area contributed by atoms with Crippen molar-refractivity contribution >= 4 is 5.97 Å². The lowest BCUT2D eigenvalue weighted by molar-refractivity contribution is -0.136. The van der Waals surface area contributed by atoms with E-state index in [0.29, 0.717) is 6.42 Å². The lowest BCUT2D eigenvalue weighted by Gasteiger charge is -2.26. The van der Waals surface area contributed by atoms with E-state index in [1.165, 1.54) is 5.56 Å². The second kappa shape index (κ2) is 7.26. The summed E-state index contributed by atoms with van der Waals surface area (Å²) in [6.07, 6.45) is 0.618. The number of aliphatic carboxylic acids is 1. The van der Waals surface area contributed by atoms with Crippen LogP contribution in [0.2, 0.25) is 0 Å². The molecule has 20 heavy (non-hydrogen) atoms. The van der Waals surface area contributed by atoms with Gasteiger partial charge in [-0.1, -0.05) is 12.1 Å². The molecule has 1 aliphatic heterocycles. The van der Waals surface area contributed by atoms with Crippen LogP contribution in [0, 0.1) is 0 Å². The van der Waals surface area contributed by atoms with Gasteiger partial charge in [0.2, 0.25) is 0 Å². The largest absolute Gasteiger partial charge is 0.496 e. The summed E-state index contributed by atoms with van der Waals surface area (Å²) in [6, 6.07) is 6.02. The van der Waals surface area contributed by atoms with Crippen molar-refractivity contribution in [1.29, 1.82) is 0 Å². The molecule has 0 atom stereocenters. The molecule has 5 heteroatoms. The lowest BCUT2D eigenvalue weighted by Crippen LogP contribution is -2.35. The van der Waals surface area contributed by atoms with Crippen LogP contribution < -0.4 is 4.74 Å². The lowest BCUT2D eigenvalue weighted by atomic mass is 10.0. The van der Waals surface area contributed by atoms with E-state index in [1.54, 1.807) is 7.11 Å². The van der Waals surface area contributed by atoms with E-state index in [1.807, 2.05) is 12.1 Å². The molecule has 0 bridgehead atoms. The number of hydrogen-bond donors (Lipinski definition) is 1. The number of nitrogens with zero attached hydrogens (tertiary/aromatic N) is 1. The van der Waals surface area contributed by atoms with Gasteiger partial charge in [-0.15, -0.1) is 0 Å². The molecule has 1 saturated heterocycles. The van der Waals surface area contributed by atoms with Gasteiger partial charge >= 0.3 is 5.97 Å². The summed E-state index contributed by atoms with van der Waals surface area (Å²) in [6.45, 7) is 4.31. The number of carboxylic acid groups (broad SMARTS) is 1. The van der Waals surface area contributed by atoms with E-state index in [4.69, 9.17) is 14.6 Å². The van der Waals surface area contributed by atoms with Crippen molar-refractivity contribution in [3.63, 3.8) is 0 Å². The number of morpholine rings is 1. The average Bonchev–Trinajstić information content (AvgIpc) is 2.46. The smallest absolute Gasteiger partial charge is 0.303 e. The Bertz CT molecular complexity index is 455. The van der Waals surface area contributed by atoms with E-state index in [-0.39, 0.29) is 6.42 Å².